The van der Waals surface area contributed by atoms with Crippen molar-refractivity contribution < 1.29 is 19.2 Å². The molecule has 3 fully saturated rings. The Kier molecular flexibility index (Phi) is 6.67. The first-order valence-electron chi connectivity index (χ1n) is 13.1. The summed E-state index contributed by atoms with van der Waals surface area (Å²) in [5.41, 5.74) is 4.04. The molecule has 5 heterocycles. The number of aromatic carboxylic acids is 1. The average molecular weight is 603 g/mol. The summed E-state index contributed by atoms with van der Waals surface area (Å²) in [5.74, 6) is 0.383. The number of hydrogen-bond acceptors (Lipinski definition) is 8. The maximum atomic E-state index is 11.3. The summed E-state index contributed by atoms with van der Waals surface area (Å²) in [4.78, 5) is 19.0. The van der Waals surface area contributed by atoms with Gasteiger partial charge in [0, 0.05) is 45.5 Å². The molecule has 7 rings (SSSR count). The molecule has 202 valence electrons. The molecule has 3 aliphatic rings. The molecule has 2 aliphatic heterocycles. The number of carbonyl (C=O) groups is 1. The molecular weight excluding hydrogens is 577 g/mol. The van der Waals surface area contributed by atoms with E-state index >= 15 is 0 Å². The maximum Gasteiger partial charge on any atom is 0.345 e. The van der Waals surface area contributed by atoms with E-state index in [2.05, 4.69) is 10.1 Å². The van der Waals surface area contributed by atoms with Crippen LogP contribution >= 0.6 is 45.9 Å². The topological polar surface area (TPSA) is 88.7 Å². The first-order valence-corrected chi connectivity index (χ1v) is 15.6. The summed E-state index contributed by atoms with van der Waals surface area (Å²) >= 11 is 15.9. The standard InChI is InChI=1S/C28H25Cl2N3O4S2/c29-20-2-1-3-21(30)24(20)25-19(26(37-32-25)14-4-5-14)11-36-18-9-16-6-7-17(10-18)33(16)28-31-22(13-39-28)15-8-23(27(34)35)38-12-15/h1-3,8,12-14,16-18H,4-7,9-11H2,(H,34,35)/t16-,17+,18-. The van der Waals surface area contributed by atoms with Gasteiger partial charge in [-0.1, -0.05) is 34.4 Å². The number of nitrogens with zero attached hydrogens (tertiary/aromatic N) is 3. The normalized spacial score (nSPS) is 22.5. The Morgan fingerprint density at radius 2 is 1.85 bits per heavy atom. The van der Waals surface area contributed by atoms with Crippen LogP contribution in [0.1, 0.15) is 65.4 Å². The Labute approximate surface area is 243 Å². The summed E-state index contributed by atoms with van der Waals surface area (Å²) in [6, 6.07) is 7.90. The number of rotatable bonds is 8. The van der Waals surface area contributed by atoms with Gasteiger partial charge in [0.25, 0.3) is 0 Å². The van der Waals surface area contributed by atoms with Crippen LogP contribution in [-0.2, 0) is 11.3 Å². The van der Waals surface area contributed by atoms with Crippen molar-refractivity contribution in [1.82, 2.24) is 10.1 Å². The highest BCUT2D eigenvalue weighted by molar-refractivity contribution is 7.14. The molecule has 3 aromatic heterocycles. The fourth-order valence-corrected chi connectivity index (χ4v) is 8.21. The van der Waals surface area contributed by atoms with E-state index in [1.54, 1.807) is 17.4 Å². The molecule has 0 spiro atoms. The number of thiophene rings is 1. The van der Waals surface area contributed by atoms with E-state index in [1.807, 2.05) is 29.0 Å². The van der Waals surface area contributed by atoms with Crippen molar-refractivity contribution in [2.45, 2.75) is 69.2 Å². The number of anilines is 1. The smallest absolute Gasteiger partial charge is 0.345 e. The Morgan fingerprint density at radius 1 is 1.10 bits per heavy atom. The lowest BCUT2D eigenvalue weighted by Gasteiger charge is -2.38. The van der Waals surface area contributed by atoms with Gasteiger partial charge in [-0.2, -0.15) is 0 Å². The Hall–Kier alpha value is -2.43. The van der Waals surface area contributed by atoms with E-state index in [0.717, 1.165) is 66.2 Å². The maximum absolute atomic E-state index is 11.3. The van der Waals surface area contributed by atoms with E-state index < -0.39 is 5.97 Å². The minimum Gasteiger partial charge on any atom is -0.477 e. The minimum atomic E-state index is -0.903. The van der Waals surface area contributed by atoms with Crippen LogP contribution in [0.5, 0.6) is 0 Å². The molecule has 2 saturated heterocycles. The van der Waals surface area contributed by atoms with Crippen molar-refractivity contribution >= 4 is 57.0 Å². The number of carboxylic acids is 1. The van der Waals surface area contributed by atoms with Gasteiger partial charge >= 0.3 is 5.97 Å². The van der Waals surface area contributed by atoms with Crippen LogP contribution in [0, 0.1) is 0 Å². The van der Waals surface area contributed by atoms with E-state index in [9.17, 15) is 9.90 Å². The zero-order chi connectivity index (χ0) is 26.7. The summed E-state index contributed by atoms with van der Waals surface area (Å²) < 4.78 is 12.4. The fraction of sp³-hybridized carbons (Fsp3) is 0.393. The van der Waals surface area contributed by atoms with Crippen molar-refractivity contribution in [2.24, 2.45) is 0 Å². The van der Waals surface area contributed by atoms with Gasteiger partial charge in [-0.15, -0.1) is 22.7 Å². The lowest BCUT2D eigenvalue weighted by atomic mass is 10.00. The highest BCUT2D eigenvalue weighted by atomic mass is 35.5. The van der Waals surface area contributed by atoms with Crippen LogP contribution < -0.4 is 4.90 Å². The molecule has 11 heteroatoms. The second kappa shape index (κ2) is 10.2. The van der Waals surface area contributed by atoms with Gasteiger partial charge in [0.2, 0.25) is 0 Å². The van der Waals surface area contributed by atoms with E-state index in [0.29, 0.717) is 50.8 Å². The molecular formula is C28H25Cl2N3O4S2. The Balaban J connectivity index is 1.07. The van der Waals surface area contributed by atoms with Crippen molar-refractivity contribution in [1.29, 1.82) is 0 Å². The zero-order valence-electron chi connectivity index (χ0n) is 20.8. The van der Waals surface area contributed by atoms with E-state index in [4.69, 9.17) is 37.4 Å². The molecule has 1 N–H and O–H groups in total. The van der Waals surface area contributed by atoms with Gasteiger partial charge in [0.1, 0.15) is 16.3 Å². The van der Waals surface area contributed by atoms with Gasteiger partial charge in [-0.25, -0.2) is 9.78 Å². The average Bonchev–Trinajstić information content (AvgIpc) is 3.25. The summed E-state index contributed by atoms with van der Waals surface area (Å²) in [6.45, 7) is 0.418. The molecule has 2 bridgehead atoms. The lowest BCUT2D eigenvalue weighted by molar-refractivity contribution is 0.0147. The molecule has 0 radical (unpaired) electrons. The van der Waals surface area contributed by atoms with Crippen LogP contribution in [0.4, 0.5) is 5.13 Å². The number of aromatic nitrogens is 2. The minimum absolute atomic E-state index is 0.129. The second-order valence-corrected chi connectivity index (χ2v) is 13.0. The monoisotopic (exact) mass is 601 g/mol. The van der Waals surface area contributed by atoms with E-state index in [1.165, 1.54) is 11.3 Å². The lowest BCUT2D eigenvalue weighted by Crippen LogP contribution is -2.45. The third-order valence-corrected chi connectivity index (χ3v) is 10.3. The molecule has 4 aromatic rings. The highest BCUT2D eigenvalue weighted by Crippen LogP contribution is 2.47. The van der Waals surface area contributed by atoms with Crippen LogP contribution in [0.2, 0.25) is 10.0 Å². The fourth-order valence-electron chi connectivity index (χ4n) is 5.92. The number of ether oxygens (including phenoxy) is 1. The van der Waals surface area contributed by atoms with Crippen LogP contribution in [0.3, 0.4) is 0 Å². The molecule has 7 nitrogen and oxygen atoms in total. The largest absolute Gasteiger partial charge is 0.477 e. The third kappa shape index (κ3) is 4.78. The number of halogens is 2. The molecule has 39 heavy (non-hydrogen) atoms. The predicted octanol–water partition coefficient (Wildman–Crippen LogP) is 8.13. The highest BCUT2D eigenvalue weighted by Gasteiger charge is 2.43. The number of fused-ring (bicyclic) bond motifs is 2. The van der Waals surface area contributed by atoms with Gasteiger partial charge in [-0.05, 0) is 56.7 Å². The van der Waals surface area contributed by atoms with E-state index in [-0.39, 0.29) is 6.10 Å². The second-order valence-electron chi connectivity index (χ2n) is 10.5. The van der Waals surface area contributed by atoms with Crippen LogP contribution in [-0.4, -0.2) is 39.4 Å². The summed E-state index contributed by atoms with van der Waals surface area (Å²) in [7, 11) is 0. The molecule has 3 atom stereocenters. The molecule has 1 aromatic carbocycles. The van der Waals surface area contributed by atoms with Crippen molar-refractivity contribution in [2.75, 3.05) is 4.90 Å². The quantitative estimate of drug-likeness (QED) is 0.218. The third-order valence-electron chi connectivity index (χ3n) is 7.94. The van der Waals surface area contributed by atoms with Gasteiger partial charge in [0.05, 0.1) is 28.5 Å². The number of carboxylic acid groups (broad SMARTS) is 1. The van der Waals surface area contributed by atoms with Gasteiger partial charge in [-0.3, -0.25) is 0 Å². The van der Waals surface area contributed by atoms with Crippen LogP contribution in [0.15, 0.2) is 39.5 Å². The zero-order valence-corrected chi connectivity index (χ0v) is 24.0. The summed E-state index contributed by atoms with van der Waals surface area (Å²) in [6.07, 6.45) is 6.41. The predicted molar refractivity (Wildman–Crippen MR) is 153 cm³/mol. The SMILES string of the molecule is O=C(O)c1cc(-c2csc(N3[C@@H]4CC[C@H]3C[C@H](OCc3c(-c5c(Cl)cccc5Cl)noc3C3CC3)C4)n2)cs1. The first-order chi connectivity index (χ1) is 19.0. The molecule has 0 amide bonds. The van der Waals surface area contributed by atoms with Crippen molar-refractivity contribution in [3.8, 4) is 22.5 Å². The molecule has 1 saturated carbocycles. The molecule has 1 aliphatic carbocycles. The molecule has 0 unspecified atom stereocenters. The van der Waals surface area contributed by atoms with Crippen molar-refractivity contribution in [3.05, 3.63) is 61.3 Å². The number of hydrogen-bond donors (Lipinski definition) is 1. The van der Waals surface area contributed by atoms with Crippen molar-refractivity contribution in [3.63, 3.8) is 0 Å². The first kappa shape index (κ1) is 25.5. The number of thiazole rings is 1. The number of piperidine rings is 1. The summed E-state index contributed by atoms with van der Waals surface area (Å²) in [5, 5.41) is 19.6. The number of benzene rings is 1. The van der Waals surface area contributed by atoms with Gasteiger partial charge in [0.15, 0.2) is 5.13 Å². The van der Waals surface area contributed by atoms with Crippen LogP contribution in [0.25, 0.3) is 22.5 Å². The van der Waals surface area contributed by atoms with Gasteiger partial charge < -0.3 is 19.3 Å². The Bertz CT molecular complexity index is 1510. The Morgan fingerprint density at radius 3 is 2.51 bits per heavy atom.